The second-order valence-corrected chi connectivity index (χ2v) is 8.27. The largest absolute Gasteiger partial charge is 0.360 e. The summed E-state index contributed by atoms with van der Waals surface area (Å²) in [4.78, 5) is 5.50. The van der Waals surface area contributed by atoms with Crippen LogP contribution in [0, 0.1) is 4.77 Å². The molecule has 5 rings (SSSR count). The zero-order valence-corrected chi connectivity index (χ0v) is 16.6. The lowest BCUT2D eigenvalue weighted by Crippen LogP contribution is -2.10. The topological polar surface area (TPSA) is 75.8 Å². The third kappa shape index (κ3) is 3.38. The molecule has 0 spiro atoms. The number of hydrogen-bond donors (Lipinski definition) is 2. The summed E-state index contributed by atoms with van der Waals surface area (Å²) in [5.74, 6) is 1.00. The molecule has 0 amide bonds. The number of anilines is 1. The van der Waals surface area contributed by atoms with Crippen molar-refractivity contribution in [2.45, 2.75) is 25.3 Å². The van der Waals surface area contributed by atoms with E-state index in [9.17, 15) is 0 Å². The number of hydrogen-bond acceptors (Lipinski definition) is 6. The van der Waals surface area contributed by atoms with E-state index in [1.807, 2.05) is 30.5 Å². The first-order valence-electron chi connectivity index (χ1n) is 8.69. The van der Waals surface area contributed by atoms with Gasteiger partial charge in [-0.25, -0.2) is 9.50 Å². The zero-order valence-electron chi connectivity index (χ0n) is 14.2. The summed E-state index contributed by atoms with van der Waals surface area (Å²) in [5.41, 5.74) is 1.91. The standard InChI is InChI=1S/C17H16ClN7S2/c18-11-3-1-10(2-4-11)13-9-24-17(20-13)27-15(23-24)19-8-7-14-21-22-16(26)25(14)12-5-6-12/h1-4,9,12H,5-8H2,(H,19,23)(H,22,26). The average molecular weight is 418 g/mol. The zero-order chi connectivity index (χ0) is 18.4. The molecule has 4 aromatic rings. The summed E-state index contributed by atoms with van der Waals surface area (Å²) in [5, 5.41) is 16.7. The Morgan fingerprint density at radius 3 is 2.85 bits per heavy atom. The molecule has 0 bridgehead atoms. The Morgan fingerprint density at radius 1 is 1.30 bits per heavy atom. The summed E-state index contributed by atoms with van der Waals surface area (Å²) < 4.78 is 4.66. The van der Waals surface area contributed by atoms with Crippen LogP contribution in [0.3, 0.4) is 0 Å². The Balaban J connectivity index is 1.27. The fourth-order valence-corrected chi connectivity index (χ4v) is 4.27. The molecule has 0 unspecified atom stereocenters. The molecule has 2 N–H and O–H groups in total. The number of imidazole rings is 1. The number of halogens is 1. The van der Waals surface area contributed by atoms with E-state index < -0.39 is 0 Å². The van der Waals surface area contributed by atoms with Crippen LogP contribution in [0.5, 0.6) is 0 Å². The maximum absolute atomic E-state index is 5.94. The molecule has 27 heavy (non-hydrogen) atoms. The van der Waals surface area contributed by atoms with Gasteiger partial charge in [0.25, 0.3) is 0 Å². The maximum atomic E-state index is 5.94. The van der Waals surface area contributed by atoms with Gasteiger partial charge in [-0.05, 0) is 37.2 Å². The molecule has 0 atom stereocenters. The second-order valence-electron chi connectivity index (χ2n) is 6.49. The van der Waals surface area contributed by atoms with Gasteiger partial charge in [0, 0.05) is 29.6 Å². The van der Waals surface area contributed by atoms with Crippen molar-refractivity contribution in [3.05, 3.63) is 46.1 Å². The fourth-order valence-electron chi connectivity index (χ4n) is 3.04. The van der Waals surface area contributed by atoms with Crippen molar-refractivity contribution < 1.29 is 0 Å². The highest BCUT2D eigenvalue weighted by Gasteiger charge is 2.26. The van der Waals surface area contributed by atoms with Crippen molar-refractivity contribution in [1.29, 1.82) is 0 Å². The van der Waals surface area contributed by atoms with E-state index in [-0.39, 0.29) is 0 Å². The Labute approximate surface area is 169 Å². The second kappa shape index (κ2) is 6.74. The van der Waals surface area contributed by atoms with Gasteiger partial charge in [-0.1, -0.05) is 35.1 Å². The molecule has 3 heterocycles. The predicted molar refractivity (Wildman–Crippen MR) is 109 cm³/mol. The quantitative estimate of drug-likeness (QED) is 0.456. The van der Waals surface area contributed by atoms with Crippen molar-refractivity contribution in [3.8, 4) is 11.3 Å². The van der Waals surface area contributed by atoms with Crippen molar-refractivity contribution in [1.82, 2.24) is 29.4 Å². The third-order valence-electron chi connectivity index (χ3n) is 4.50. The number of aromatic amines is 1. The normalized spacial score (nSPS) is 14.1. The molecule has 7 nitrogen and oxygen atoms in total. The lowest BCUT2D eigenvalue weighted by atomic mass is 10.2. The van der Waals surface area contributed by atoms with Crippen LogP contribution in [-0.4, -0.2) is 35.9 Å². The van der Waals surface area contributed by atoms with E-state index in [0.29, 0.717) is 11.1 Å². The Bertz CT molecular complexity index is 1120. The van der Waals surface area contributed by atoms with Crippen LogP contribution in [0.4, 0.5) is 5.13 Å². The Hall–Kier alpha value is -2.23. The number of nitrogens with zero attached hydrogens (tertiary/aromatic N) is 5. The number of H-pyrrole nitrogens is 1. The highest BCUT2D eigenvalue weighted by atomic mass is 35.5. The third-order valence-corrected chi connectivity index (χ3v) is 5.92. The molecule has 3 aromatic heterocycles. The van der Waals surface area contributed by atoms with Gasteiger partial charge in [0.15, 0.2) is 4.77 Å². The highest BCUT2D eigenvalue weighted by molar-refractivity contribution is 7.71. The molecule has 138 valence electrons. The van der Waals surface area contributed by atoms with E-state index in [4.69, 9.17) is 23.8 Å². The molecule has 0 aliphatic heterocycles. The SMILES string of the molecule is S=c1[nH]nc(CCNc2nn3cc(-c4ccc(Cl)cc4)nc3s2)n1C1CC1. The molecule has 0 saturated heterocycles. The highest BCUT2D eigenvalue weighted by Crippen LogP contribution is 2.35. The van der Waals surface area contributed by atoms with Gasteiger partial charge in [0.05, 0.1) is 11.9 Å². The van der Waals surface area contributed by atoms with Crippen molar-refractivity contribution in [2.24, 2.45) is 0 Å². The minimum absolute atomic E-state index is 0.528. The Morgan fingerprint density at radius 2 is 2.11 bits per heavy atom. The van der Waals surface area contributed by atoms with E-state index in [1.165, 1.54) is 24.2 Å². The number of rotatable bonds is 6. The molecule has 1 aliphatic rings. The van der Waals surface area contributed by atoms with E-state index in [0.717, 1.165) is 44.9 Å². The molecular formula is C17H16ClN7S2. The predicted octanol–water partition coefficient (Wildman–Crippen LogP) is 4.35. The van der Waals surface area contributed by atoms with Gasteiger partial charge in [0.1, 0.15) is 5.82 Å². The smallest absolute Gasteiger partial charge is 0.214 e. The van der Waals surface area contributed by atoms with Crippen LogP contribution in [0.1, 0.15) is 24.7 Å². The first-order chi connectivity index (χ1) is 13.2. The lowest BCUT2D eigenvalue weighted by Gasteiger charge is -2.05. The summed E-state index contributed by atoms with van der Waals surface area (Å²) in [7, 11) is 0. The molecule has 1 saturated carbocycles. The van der Waals surface area contributed by atoms with Crippen LogP contribution < -0.4 is 5.32 Å². The lowest BCUT2D eigenvalue weighted by molar-refractivity contribution is 0.673. The summed E-state index contributed by atoms with van der Waals surface area (Å²) in [6.07, 6.45) is 5.10. The van der Waals surface area contributed by atoms with E-state index >= 15 is 0 Å². The number of fused-ring (bicyclic) bond motifs is 1. The Kier molecular flexibility index (Phi) is 4.22. The minimum atomic E-state index is 0.528. The van der Waals surface area contributed by atoms with Gasteiger partial charge in [-0.15, -0.1) is 5.10 Å². The van der Waals surface area contributed by atoms with Gasteiger partial charge in [-0.3, -0.25) is 5.10 Å². The van der Waals surface area contributed by atoms with Gasteiger partial charge in [0.2, 0.25) is 10.1 Å². The van der Waals surface area contributed by atoms with Gasteiger partial charge < -0.3 is 9.88 Å². The first-order valence-corrected chi connectivity index (χ1v) is 10.3. The summed E-state index contributed by atoms with van der Waals surface area (Å²) in [6, 6.07) is 8.17. The van der Waals surface area contributed by atoms with Gasteiger partial charge >= 0.3 is 0 Å². The number of aromatic nitrogens is 6. The molecule has 1 aromatic carbocycles. The van der Waals surface area contributed by atoms with Crippen LogP contribution >= 0.6 is 35.2 Å². The van der Waals surface area contributed by atoms with Crippen molar-refractivity contribution in [2.75, 3.05) is 11.9 Å². The number of benzene rings is 1. The minimum Gasteiger partial charge on any atom is -0.360 e. The molecular weight excluding hydrogens is 402 g/mol. The summed E-state index contributed by atoms with van der Waals surface area (Å²) in [6.45, 7) is 0.743. The van der Waals surface area contributed by atoms with Gasteiger partial charge in [-0.2, -0.15) is 5.10 Å². The van der Waals surface area contributed by atoms with E-state index in [1.54, 1.807) is 4.52 Å². The molecule has 1 aliphatic carbocycles. The first kappa shape index (κ1) is 16.9. The maximum Gasteiger partial charge on any atom is 0.214 e. The monoisotopic (exact) mass is 417 g/mol. The molecule has 0 radical (unpaired) electrons. The van der Waals surface area contributed by atoms with Crippen LogP contribution in [0.2, 0.25) is 5.02 Å². The average Bonchev–Trinajstić information content (AvgIpc) is 3.14. The van der Waals surface area contributed by atoms with Crippen LogP contribution in [0.15, 0.2) is 30.5 Å². The fraction of sp³-hybridized carbons (Fsp3) is 0.294. The summed E-state index contributed by atoms with van der Waals surface area (Å²) >= 11 is 12.8. The van der Waals surface area contributed by atoms with Crippen LogP contribution in [0.25, 0.3) is 16.2 Å². The van der Waals surface area contributed by atoms with E-state index in [2.05, 4.69) is 30.2 Å². The van der Waals surface area contributed by atoms with Crippen molar-refractivity contribution >= 4 is 45.2 Å². The van der Waals surface area contributed by atoms with Crippen LogP contribution in [-0.2, 0) is 6.42 Å². The number of nitrogens with one attached hydrogen (secondary N) is 2. The van der Waals surface area contributed by atoms with Crippen molar-refractivity contribution in [3.63, 3.8) is 0 Å². The molecule has 10 heteroatoms. The molecule has 1 fully saturated rings.